The summed E-state index contributed by atoms with van der Waals surface area (Å²) in [6.45, 7) is 6.95. The van der Waals surface area contributed by atoms with Crippen molar-refractivity contribution < 1.29 is 0 Å². The highest BCUT2D eigenvalue weighted by Crippen LogP contribution is 2.21. The Morgan fingerprint density at radius 1 is 1.00 bits per heavy atom. The van der Waals surface area contributed by atoms with E-state index >= 15 is 0 Å². The second kappa shape index (κ2) is 7.50. The molecule has 0 spiro atoms. The van der Waals surface area contributed by atoms with Crippen LogP contribution >= 0.6 is 0 Å². The molecule has 0 saturated carbocycles. The Kier molecular flexibility index (Phi) is 6.28. The molecule has 1 aromatic rings. The van der Waals surface area contributed by atoms with Crippen LogP contribution in [0.1, 0.15) is 58.1 Å². The van der Waals surface area contributed by atoms with Crippen LogP contribution in [0.25, 0.3) is 0 Å². The van der Waals surface area contributed by atoms with Crippen molar-refractivity contribution in [1.82, 2.24) is 0 Å². The average molecular weight is 233 g/mol. The maximum atomic E-state index is 6.18. The van der Waals surface area contributed by atoms with Gasteiger partial charge < -0.3 is 5.73 Å². The van der Waals surface area contributed by atoms with E-state index in [1.54, 1.807) is 0 Å². The molecule has 0 heterocycles. The van der Waals surface area contributed by atoms with Gasteiger partial charge in [0.15, 0.2) is 0 Å². The van der Waals surface area contributed by atoms with E-state index in [0.717, 1.165) is 18.3 Å². The highest BCUT2D eigenvalue weighted by molar-refractivity contribution is 5.18. The van der Waals surface area contributed by atoms with Crippen molar-refractivity contribution in [2.75, 3.05) is 0 Å². The van der Waals surface area contributed by atoms with Crippen molar-refractivity contribution in [2.45, 2.75) is 52.5 Å². The predicted octanol–water partition coefficient (Wildman–Crippen LogP) is 4.54. The third-order valence-electron chi connectivity index (χ3n) is 3.31. The Balaban J connectivity index is 2.23. The summed E-state index contributed by atoms with van der Waals surface area (Å²) in [6, 6.07) is 10.6. The van der Waals surface area contributed by atoms with Crippen LogP contribution in [0.3, 0.4) is 0 Å². The zero-order valence-corrected chi connectivity index (χ0v) is 11.5. The summed E-state index contributed by atoms with van der Waals surface area (Å²) >= 11 is 0. The summed E-state index contributed by atoms with van der Waals surface area (Å²) in [7, 11) is 0. The van der Waals surface area contributed by atoms with Gasteiger partial charge in [-0.1, -0.05) is 63.9 Å². The lowest BCUT2D eigenvalue weighted by atomic mass is 9.92. The maximum Gasteiger partial charge on any atom is 0.0294 e. The highest BCUT2D eigenvalue weighted by atomic mass is 14.6. The van der Waals surface area contributed by atoms with E-state index in [2.05, 4.69) is 45.0 Å². The highest BCUT2D eigenvalue weighted by Gasteiger charge is 2.08. The molecule has 0 fully saturated rings. The van der Waals surface area contributed by atoms with Crippen molar-refractivity contribution in [2.24, 2.45) is 17.6 Å². The van der Waals surface area contributed by atoms with Crippen molar-refractivity contribution in [3.63, 3.8) is 0 Å². The molecule has 96 valence electrons. The first-order valence-electron chi connectivity index (χ1n) is 6.90. The summed E-state index contributed by atoms with van der Waals surface area (Å²) in [5, 5.41) is 0. The van der Waals surface area contributed by atoms with Crippen LogP contribution in [-0.4, -0.2) is 0 Å². The van der Waals surface area contributed by atoms with Crippen LogP contribution in [0, 0.1) is 11.8 Å². The minimum Gasteiger partial charge on any atom is -0.324 e. The van der Waals surface area contributed by atoms with Crippen LogP contribution in [0.2, 0.25) is 0 Å². The third kappa shape index (κ3) is 5.88. The molecule has 0 amide bonds. The fourth-order valence-corrected chi connectivity index (χ4v) is 2.48. The molecule has 0 bridgehead atoms. The Morgan fingerprint density at radius 3 is 2.24 bits per heavy atom. The SMILES string of the molecule is CC(C)CC(C)CCCC(N)c1ccccc1. The topological polar surface area (TPSA) is 26.0 Å². The van der Waals surface area contributed by atoms with Gasteiger partial charge in [-0.25, -0.2) is 0 Å². The fraction of sp³-hybridized carbons (Fsp3) is 0.625. The molecule has 2 N–H and O–H groups in total. The van der Waals surface area contributed by atoms with E-state index in [-0.39, 0.29) is 6.04 Å². The van der Waals surface area contributed by atoms with Crippen LogP contribution in [0.4, 0.5) is 0 Å². The lowest BCUT2D eigenvalue weighted by Gasteiger charge is -2.16. The van der Waals surface area contributed by atoms with E-state index < -0.39 is 0 Å². The molecule has 1 nitrogen and oxygen atoms in total. The first-order chi connectivity index (χ1) is 8.09. The Bertz CT molecular complexity index is 292. The van der Waals surface area contributed by atoms with Crippen molar-refractivity contribution in [1.29, 1.82) is 0 Å². The molecular weight excluding hydrogens is 206 g/mol. The van der Waals surface area contributed by atoms with Crippen molar-refractivity contribution in [3.05, 3.63) is 35.9 Å². The van der Waals surface area contributed by atoms with Gasteiger partial charge in [-0.15, -0.1) is 0 Å². The van der Waals surface area contributed by atoms with E-state index in [1.165, 1.54) is 24.8 Å². The van der Waals surface area contributed by atoms with Gasteiger partial charge >= 0.3 is 0 Å². The summed E-state index contributed by atoms with van der Waals surface area (Å²) < 4.78 is 0. The minimum atomic E-state index is 0.211. The Morgan fingerprint density at radius 2 is 1.65 bits per heavy atom. The molecule has 2 atom stereocenters. The molecule has 0 aliphatic heterocycles. The van der Waals surface area contributed by atoms with Gasteiger partial charge in [-0.2, -0.15) is 0 Å². The van der Waals surface area contributed by atoms with Crippen LogP contribution < -0.4 is 5.73 Å². The second-order valence-electron chi connectivity index (χ2n) is 5.68. The van der Waals surface area contributed by atoms with Crippen molar-refractivity contribution in [3.8, 4) is 0 Å². The van der Waals surface area contributed by atoms with Crippen LogP contribution in [0.5, 0.6) is 0 Å². The maximum absolute atomic E-state index is 6.18. The van der Waals surface area contributed by atoms with E-state index in [9.17, 15) is 0 Å². The molecule has 17 heavy (non-hydrogen) atoms. The fourth-order valence-electron chi connectivity index (χ4n) is 2.48. The van der Waals surface area contributed by atoms with Crippen LogP contribution in [-0.2, 0) is 0 Å². The van der Waals surface area contributed by atoms with Gasteiger partial charge in [0, 0.05) is 6.04 Å². The summed E-state index contributed by atoms with van der Waals surface area (Å²) in [6.07, 6.45) is 4.98. The molecule has 1 rings (SSSR count). The number of nitrogens with two attached hydrogens (primary N) is 1. The molecule has 0 saturated heterocycles. The lowest BCUT2D eigenvalue weighted by Crippen LogP contribution is -2.10. The molecule has 0 aliphatic rings. The minimum absolute atomic E-state index is 0.211. The van der Waals surface area contributed by atoms with Gasteiger partial charge in [0.25, 0.3) is 0 Å². The van der Waals surface area contributed by atoms with E-state index in [1.807, 2.05) is 6.07 Å². The number of benzene rings is 1. The normalized spacial score (nSPS) is 14.9. The smallest absolute Gasteiger partial charge is 0.0294 e. The number of rotatable bonds is 7. The number of hydrogen-bond acceptors (Lipinski definition) is 1. The molecule has 0 radical (unpaired) electrons. The Labute approximate surface area is 106 Å². The largest absolute Gasteiger partial charge is 0.324 e. The zero-order chi connectivity index (χ0) is 12.7. The molecule has 1 aromatic carbocycles. The third-order valence-corrected chi connectivity index (χ3v) is 3.31. The van der Waals surface area contributed by atoms with Gasteiger partial charge in [-0.05, 0) is 30.2 Å². The first kappa shape index (κ1) is 14.2. The number of hydrogen-bond donors (Lipinski definition) is 1. The summed E-state index contributed by atoms with van der Waals surface area (Å²) in [5.74, 6) is 1.64. The standard InChI is InChI=1S/C16H27N/c1-13(2)12-14(3)8-7-11-16(17)15-9-5-4-6-10-15/h4-6,9-10,13-14,16H,7-8,11-12,17H2,1-3H3. The van der Waals surface area contributed by atoms with E-state index in [0.29, 0.717) is 0 Å². The van der Waals surface area contributed by atoms with Gasteiger partial charge in [0.1, 0.15) is 0 Å². The monoisotopic (exact) mass is 233 g/mol. The van der Waals surface area contributed by atoms with Gasteiger partial charge in [0.2, 0.25) is 0 Å². The average Bonchev–Trinajstić information content (AvgIpc) is 2.29. The molecule has 0 aliphatic carbocycles. The summed E-state index contributed by atoms with van der Waals surface area (Å²) in [5.41, 5.74) is 7.45. The predicted molar refractivity (Wildman–Crippen MR) is 75.8 cm³/mol. The molecular formula is C16H27N. The van der Waals surface area contributed by atoms with E-state index in [4.69, 9.17) is 5.73 Å². The van der Waals surface area contributed by atoms with Crippen LogP contribution in [0.15, 0.2) is 30.3 Å². The lowest BCUT2D eigenvalue weighted by molar-refractivity contribution is 0.394. The molecule has 2 unspecified atom stereocenters. The quantitative estimate of drug-likeness (QED) is 0.735. The molecule has 1 heteroatoms. The summed E-state index contributed by atoms with van der Waals surface area (Å²) in [4.78, 5) is 0. The second-order valence-corrected chi connectivity index (χ2v) is 5.68. The van der Waals surface area contributed by atoms with Crippen molar-refractivity contribution >= 4 is 0 Å². The van der Waals surface area contributed by atoms with Gasteiger partial charge in [0.05, 0.1) is 0 Å². The molecule has 0 aromatic heterocycles. The first-order valence-corrected chi connectivity index (χ1v) is 6.90. The Hall–Kier alpha value is -0.820. The van der Waals surface area contributed by atoms with Gasteiger partial charge in [-0.3, -0.25) is 0 Å². The zero-order valence-electron chi connectivity index (χ0n) is 11.5.